The highest BCUT2D eigenvalue weighted by Crippen LogP contribution is 2.31. The van der Waals surface area contributed by atoms with E-state index in [1.807, 2.05) is 0 Å². The number of benzene rings is 1. The molecular formula is C15H17F2NO3S. The summed E-state index contributed by atoms with van der Waals surface area (Å²) in [5, 5.41) is 0.0221. The van der Waals surface area contributed by atoms with Crippen LogP contribution in [-0.4, -0.2) is 29.9 Å². The van der Waals surface area contributed by atoms with E-state index in [9.17, 15) is 18.4 Å². The van der Waals surface area contributed by atoms with Crippen LogP contribution in [0.3, 0.4) is 0 Å². The molecule has 0 N–H and O–H groups in total. The number of hydrogen-bond donors (Lipinski definition) is 0. The maximum atomic E-state index is 12.4. The Morgan fingerprint density at radius 3 is 2.86 bits per heavy atom. The van der Waals surface area contributed by atoms with Crippen molar-refractivity contribution in [1.82, 2.24) is 0 Å². The number of thioether (sulfide) groups is 1. The normalized spacial score (nSPS) is 18.1. The first kappa shape index (κ1) is 16.7. The molecule has 7 heteroatoms. The molecule has 1 aromatic carbocycles. The molecule has 0 saturated carbocycles. The van der Waals surface area contributed by atoms with Crippen molar-refractivity contribution in [2.75, 3.05) is 17.2 Å². The van der Waals surface area contributed by atoms with Gasteiger partial charge in [-0.05, 0) is 24.5 Å². The molecule has 0 radical (unpaired) electrons. The smallest absolute Gasteiger partial charge is 0.387 e. The fourth-order valence-electron chi connectivity index (χ4n) is 2.36. The molecule has 1 fully saturated rings. The summed E-state index contributed by atoms with van der Waals surface area (Å²) in [4.78, 5) is 24.6. The van der Waals surface area contributed by atoms with Crippen LogP contribution in [0.4, 0.5) is 14.5 Å². The number of carbonyl (C=O) groups is 2. The summed E-state index contributed by atoms with van der Waals surface area (Å²) in [6.45, 7) is 0.742. The Hall–Kier alpha value is -1.63. The van der Waals surface area contributed by atoms with Gasteiger partial charge in [0.15, 0.2) is 5.12 Å². The Morgan fingerprint density at radius 1 is 1.50 bits per heavy atom. The Balaban J connectivity index is 2.11. The fourth-order valence-corrected chi connectivity index (χ4v) is 3.05. The lowest BCUT2D eigenvalue weighted by Crippen LogP contribution is -2.24. The Labute approximate surface area is 131 Å². The number of nitrogens with zero attached hydrogens (tertiary/aromatic N) is 1. The van der Waals surface area contributed by atoms with E-state index < -0.39 is 6.61 Å². The number of halogens is 2. The van der Waals surface area contributed by atoms with E-state index in [4.69, 9.17) is 0 Å². The molecule has 1 saturated heterocycles. The second-order valence-electron chi connectivity index (χ2n) is 5.21. The Morgan fingerprint density at radius 2 is 2.23 bits per heavy atom. The minimum atomic E-state index is -2.90. The van der Waals surface area contributed by atoms with Gasteiger partial charge in [0, 0.05) is 37.4 Å². The number of rotatable bonds is 5. The zero-order valence-corrected chi connectivity index (χ0v) is 13.2. The van der Waals surface area contributed by atoms with E-state index in [2.05, 4.69) is 4.74 Å². The second kappa shape index (κ2) is 7.09. The number of amides is 1. The van der Waals surface area contributed by atoms with Crippen molar-refractivity contribution in [2.24, 2.45) is 5.92 Å². The van der Waals surface area contributed by atoms with Gasteiger partial charge in [0.05, 0.1) is 0 Å². The molecule has 0 aromatic heterocycles. The van der Waals surface area contributed by atoms with Gasteiger partial charge in [0.2, 0.25) is 5.91 Å². The zero-order chi connectivity index (χ0) is 16.3. The number of alkyl halides is 2. The van der Waals surface area contributed by atoms with Gasteiger partial charge >= 0.3 is 6.61 Å². The molecular weight excluding hydrogens is 312 g/mol. The predicted octanol–water partition coefficient (Wildman–Crippen LogP) is 3.23. The molecule has 1 unspecified atom stereocenters. The number of hydrogen-bond acceptors (Lipinski definition) is 4. The number of carbonyl (C=O) groups excluding carboxylic acids is 2. The highest BCUT2D eigenvalue weighted by Gasteiger charge is 2.31. The van der Waals surface area contributed by atoms with Gasteiger partial charge in [-0.2, -0.15) is 8.78 Å². The lowest BCUT2D eigenvalue weighted by molar-refractivity contribution is -0.117. The van der Waals surface area contributed by atoms with E-state index in [1.165, 1.54) is 24.8 Å². The molecule has 0 bridgehead atoms. The van der Waals surface area contributed by atoms with Crippen LogP contribution in [0.15, 0.2) is 18.2 Å². The molecule has 1 aliphatic heterocycles. The molecule has 1 atom stereocenters. The number of anilines is 1. The van der Waals surface area contributed by atoms with Gasteiger partial charge in [0.25, 0.3) is 0 Å². The van der Waals surface area contributed by atoms with Crippen molar-refractivity contribution in [2.45, 2.75) is 26.9 Å². The van der Waals surface area contributed by atoms with Gasteiger partial charge in [0.1, 0.15) is 5.75 Å². The topological polar surface area (TPSA) is 46.6 Å². The van der Waals surface area contributed by atoms with Crippen LogP contribution in [-0.2, 0) is 9.59 Å². The lowest BCUT2D eigenvalue weighted by Gasteiger charge is -2.18. The summed E-state index contributed by atoms with van der Waals surface area (Å²) in [6.07, 6.45) is 0.360. The molecule has 0 aliphatic carbocycles. The summed E-state index contributed by atoms with van der Waals surface area (Å²) in [7, 11) is 0. The summed E-state index contributed by atoms with van der Waals surface area (Å²) in [5.74, 6) is 0.675. The van der Waals surface area contributed by atoms with Crippen molar-refractivity contribution in [3.63, 3.8) is 0 Å². The van der Waals surface area contributed by atoms with Gasteiger partial charge < -0.3 is 9.64 Å². The van der Waals surface area contributed by atoms with E-state index in [0.717, 1.165) is 0 Å². The molecule has 4 nitrogen and oxygen atoms in total. The van der Waals surface area contributed by atoms with Crippen molar-refractivity contribution in [3.8, 4) is 5.75 Å². The first-order valence-corrected chi connectivity index (χ1v) is 7.84. The van der Waals surface area contributed by atoms with Crippen LogP contribution >= 0.6 is 11.8 Å². The molecule has 1 aliphatic rings. The third kappa shape index (κ3) is 4.19. The predicted molar refractivity (Wildman–Crippen MR) is 81.4 cm³/mol. The summed E-state index contributed by atoms with van der Waals surface area (Å²) >= 11 is 1.20. The highest BCUT2D eigenvalue weighted by atomic mass is 32.2. The van der Waals surface area contributed by atoms with Crippen LogP contribution in [0, 0.1) is 12.8 Å². The van der Waals surface area contributed by atoms with Crippen molar-refractivity contribution in [3.05, 3.63) is 23.8 Å². The van der Waals surface area contributed by atoms with Crippen LogP contribution in [0.5, 0.6) is 5.75 Å². The van der Waals surface area contributed by atoms with E-state index >= 15 is 0 Å². The first-order valence-electron chi connectivity index (χ1n) is 6.86. The largest absolute Gasteiger partial charge is 0.434 e. The summed E-state index contributed by atoms with van der Waals surface area (Å²) in [6, 6.07) is 4.82. The standard InChI is InChI=1S/C15H17F2NO3S/c1-9-3-4-12(6-13(9)21-15(16)17)18-7-11(5-14(18)20)8-22-10(2)19/h3-4,6,11,15H,5,7-8H2,1-2H3. The minimum absolute atomic E-state index is 0.0221. The van der Waals surface area contributed by atoms with E-state index in [-0.39, 0.29) is 22.7 Å². The fraction of sp³-hybridized carbons (Fsp3) is 0.467. The van der Waals surface area contributed by atoms with Crippen LogP contribution in [0.2, 0.25) is 0 Å². The van der Waals surface area contributed by atoms with Crippen LogP contribution in [0.1, 0.15) is 18.9 Å². The quantitative estimate of drug-likeness (QED) is 0.832. The summed E-state index contributed by atoms with van der Waals surface area (Å²) in [5.41, 5.74) is 1.13. The maximum absolute atomic E-state index is 12.4. The van der Waals surface area contributed by atoms with Crippen molar-refractivity contribution in [1.29, 1.82) is 0 Å². The Bertz CT molecular complexity index is 580. The van der Waals surface area contributed by atoms with E-state index in [0.29, 0.717) is 30.0 Å². The third-order valence-electron chi connectivity index (χ3n) is 3.43. The summed E-state index contributed by atoms with van der Waals surface area (Å²) < 4.78 is 29.2. The molecule has 1 aromatic rings. The van der Waals surface area contributed by atoms with Gasteiger partial charge in [-0.25, -0.2) is 0 Å². The third-order valence-corrected chi connectivity index (χ3v) is 4.47. The van der Waals surface area contributed by atoms with E-state index in [1.54, 1.807) is 24.0 Å². The molecule has 1 heterocycles. The average Bonchev–Trinajstić information content (AvgIpc) is 2.80. The minimum Gasteiger partial charge on any atom is -0.434 e. The van der Waals surface area contributed by atoms with Gasteiger partial charge in [-0.15, -0.1) is 0 Å². The molecule has 22 heavy (non-hydrogen) atoms. The molecule has 120 valence electrons. The maximum Gasteiger partial charge on any atom is 0.387 e. The van der Waals surface area contributed by atoms with Crippen molar-refractivity contribution >= 4 is 28.5 Å². The zero-order valence-electron chi connectivity index (χ0n) is 12.3. The lowest BCUT2D eigenvalue weighted by atomic mass is 10.1. The molecule has 0 spiro atoms. The SMILES string of the molecule is CC(=O)SCC1CC(=O)N(c2ccc(C)c(OC(F)F)c2)C1. The Kier molecular flexibility index (Phi) is 5.39. The van der Waals surface area contributed by atoms with Crippen LogP contribution < -0.4 is 9.64 Å². The van der Waals surface area contributed by atoms with Crippen LogP contribution in [0.25, 0.3) is 0 Å². The number of aryl methyl sites for hydroxylation is 1. The number of ether oxygens (including phenoxy) is 1. The molecule has 2 rings (SSSR count). The van der Waals surface area contributed by atoms with Gasteiger partial charge in [-0.1, -0.05) is 17.8 Å². The second-order valence-corrected chi connectivity index (χ2v) is 6.40. The monoisotopic (exact) mass is 329 g/mol. The average molecular weight is 329 g/mol. The van der Waals surface area contributed by atoms with Gasteiger partial charge in [-0.3, -0.25) is 9.59 Å². The first-order chi connectivity index (χ1) is 10.4. The van der Waals surface area contributed by atoms with Crippen molar-refractivity contribution < 1.29 is 23.1 Å². The highest BCUT2D eigenvalue weighted by molar-refractivity contribution is 8.13. The molecule has 1 amide bonds.